The predicted octanol–water partition coefficient (Wildman–Crippen LogP) is 5.83. The van der Waals surface area contributed by atoms with Crippen LogP contribution < -0.4 is 20.3 Å². The van der Waals surface area contributed by atoms with Crippen LogP contribution in [0.25, 0.3) is 22.2 Å². The van der Waals surface area contributed by atoms with E-state index in [1.165, 1.54) is 12.1 Å². The maximum atomic E-state index is 14.4. The number of rotatable bonds is 10. The SMILES string of the molecule is C/C=C\C(=O)Nc1cc(Nc2nc3c(c(-c4cn(C)c5ccc(F)cc45)n2)CSCC3)c(OC)cc1N(C)CCN(C)C. The summed E-state index contributed by atoms with van der Waals surface area (Å²) in [6.07, 6.45) is 6.00. The number of nitrogens with one attached hydrogen (secondary N) is 2. The number of thioether (sulfide) groups is 1. The minimum Gasteiger partial charge on any atom is -0.494 e. The number of hydrogen-bond donors (Lipinski definition) is 2. The van der Waals surface area contributed by atoms with Gasteiger partial charge in [0.25, 0.3) is 0 Å². The van der Waals surface area contributed by atoms with Crippen molar-refractivity contribution in [2.75, 3.05) is 62.6 Å². The standard InChI is InChI=1S/C32H38FN7O2S/c1-7-8-30(41)34-25-16-26(29(42-6)17-28(25)39(4)13-12-38(2)3)36-32-35-24-11-14-43-19-23(24)31(37-32)22-18-40(5)27-10-9-20(33)15-21(22)27/h7-10,15-18H,11-14,19H2,1-6H3,(H,34,41)(H,35,36,37)/b8-7-. The summed E-state index contributed by atoms with van der Waals surface area (Å²) < 4.78 is 22.2. The molecule has 2 aromatic carbocycles. The Morgan fingerprint density at radius 3 is 2.72 bits per heavy atom. The molecule has 0 bridgehead atoms. The van der Waals surface area contributed by atoms with Gasteiger partial charge < -0.3 is 29.7 Å². The number of amides is 1. The Hall–Kier alpha value is -4.09. The molecule has 0 atom stereocenters. The fraction of sp³-hybridized carbons (Fsp3) is 0.344. The molecule has 1 aliphatic heterocycles. The number of benzene rings is 2. The van der Waals surface area contributed by atoms with Crippen molar-refractivity contribution in [3.63, 3.8) is 0 Å². The quantitative estimate of drug-likeness (QED) is 0.219. The van der Waals surface area contributed by atoms with Crippen molar-refractivity contribution in [3.8, 4) is 17.0 Å². The molecule has 0 saturated carbocycles. The summed E-state index contributed by atoms with van der Waals surface area (Å²) in [7, 11) is 9.60. The molecule has 226 valence electrons. The molecule has 9 nitrogen and oxygen atoms in total. The van der Waals surface area contributed by atoms with Crippen LogP contribution >= 0.6 is 11.8 Å². The van der Waals surface area contributed by atoms with Crippen LogP contribution in [0.3, 0.4) is 0 Å². The van der Waals surface area contributed by atoms with Gasteiger partial charge in [-0.05, 0) is 63.5 Å². The van der Waals surface area contributed by atoms with Crippen molar-refractivity contribution in [1.82, 2.24) is 19.4 Å². The van der Waals surface area contributed by atoms with E-state index in [-0.39, 0.29) is 11.7 Å². The molecule has 0 fully saturated rings. The monoisotopic (exact) mass is 603 g/mol. The summed E-state index contributed by atoms with van der Waals surface area (Å²) in [6, 6.07) is 8.60. The van der Waals surface area contributed by atoms with Crippen molar-refractivity contribution in [3.05, 3.63) is 65.8 Å². The minimum absolute atomic E-state index is 0.228. The number of aryl methyl sites for hydroxylation is 2. The molecule has 1 aliphatic rings. The van der Waals surface area contributed by atoms with Gasteiger partial charge in [-0.2, -0.15) is 11.8 Å². The van der Waals surface area contributed by atoms with E-state index in [0.717, 1.165) is 70.1 Å². The lowest BCUT2D eigenvalue weighted by Crippen LogP contribution is -2.29. The first kappa shape index (κ1) is 30.4. The number of aromatic nitrogens is 3. The third kappa shape index (κ3) is 6.62. The Kier molecular flexibility index (Phi) is 9.22. The predicted molar refractivity (Wildman–Crippen MR) is 175 cm³/mol. The summed E-state index contributed by atoms with van der Waals surface area (Å²) in [5.41, 5.74) is 6.70. The first-order chi connectivity index (χ1) is 20.7. The molecule has 1 amide bonds. The lowest BCUT2D eigenvalue weighted by atomic mass is 10.0. The third-order valence-electron chi connectivity index (χ3n) is 7.46. The number of nitrogens with zero attached hydrogens (tertiary/aromatic N) is 5. The van der Waals surface area contributed by atoms with Crippen LogP contribution in [0.1, 0.15) is 18.2 Å². The molecular weight excluding hydrogens is 565 g/mol. The van der Waals surface area contributed by atoms with E-state index < -0.39 is 0 Å². The maximum Gasteiger partial charge on any atom is 0.248 e. The van der Waals surface area contributed by atoms with Gasteiger partial charge in [-0.15, -0.1) is 0 Å². The largest absolute Gasteiger partial charge is 0.494 e. The molecule has 0 saturated heterocycles. The van der Waals surface area contributed by atoms with Gasteiger partial charge in [0.05, 0.1) is 35.6 Å². The number of carbonyl (C=O) groups is 1. The normalized spacial score (nSPS) is 13.0. The summed E-state index contributed by atoms with van der Waals surface area (Å²) >= 11 is 1.84. The van der Waals surface area contributed by atoms with Crippen LogP contribution in [0.4, 0.5) is 27.4 Å². The molecule has 5 rings (SSSR count). The van der Waals surface area contributed by atoms with Crippen molar-refractivity contribution in [2.24, 2.45) is 7.05 Å². The van der Waals surface area contributed by atoms with E-state index in [4.69, 9.17) is 14.7 Å². The van der Waals surface area contributed by atoms with E-state index in [2.05, 4.69) is 20.4 Å². The average molecular weight is 604 g/mol. The van der Waals surface area contributed by atoms with Crippen LogP contribution in [-0.4, -0.2) is 72.4 Å². The third-order valence-corrected chi connectivity index (χ3v) is 8.45. The first-order valence-corrected chi connectivity index (χ1v) is 15.3. The second-order valence-corrected chi connectivity index (χ2v) is 12.0. The van der Waals surface area contributed by atoms with Gasteiger partial charge in [-0.25, -0.2) is 14.4 Å². The lowest BCUT2D eigenvalue weighted by Gasteiger charge is -2.26. The molecular formula is C32H38FN7O2S. The number of hydrogen-bond acceptors (Lipinski definition) is 8. The molecule has 0 radical (unpaired) electrons. The maximum absolute atomic E-state index is 14.4. The molecule has 0 aliphatic carbocycles. The van der Waals surface area contributed by atoms with Gasteiger partial charge in [-0.3, -0.25) is 4.79 Å². The van der Waals surface area contributed by atoms with Crippen molar-refractivity contribution in [2.45, 2.75) is 19.1 Å². The van der Waals surface area contributed by atoms with Gasteiger partial charge in [0, 0.05) is 67.2 Å². The smallest absolute Gasteiger partial charge is 0.248 e. The second-order valence-electron chi connectivity index (χ2n) is 10.8. The highest BCUT2D eigenvalue weighted by atomic mass is 32.2. The van der Waals surface area contributed by atoms with Gasteiger partial charge in [0.15, 0.2) is 0 Å². The van der Waals surface area contributed by atoms with E-state index >= 15 is 0 Å². The van der Waals surface area contributed by atoms with Crippen LogP contribution in [0, 0.1) is 5.82 Å². The molecule has 0 unspecified atom stereocenters. The van der Waals surface area contributed by atoms with E-state index in [0.29, 0.717) is 23.1 Å². The topological polar surface area (TPSA) is 87.5 Å². The van der Waals surface area contributed by atoms with Crippen LogP contribution in [0.15, 0.2) is 48.7 Å². The van der Waals surface area contributed by atoms with E-state index in [1.807, 2.05) is 62.8 Å². The van der Waals surface area contributed by atoms with E-state index in [9.17, 15) is 9.18 Å². The molecule has 11 heteroatoms. The highest BCUT2D eigenvalue weighted by Crippen LogP contribution is 2.40. The average Bonchev–Trinajstić information content (AvgIpc) is 3.30. The fourth-order valence-electron chi connectivity index (χ4n) is 5.23. The highest BCUT2D eigenvalue weighted by Gasteiger charge is 2.23. The Balaban J connectivity index is 1.60. The summed E-state index contributed by atoms with van der Waals surface area (Å²) in [5, 5.41) is 7.20. The van der Waals surface area contributed by atoms with Gasteiger partial charge in [-0.1, -0.05) is 6.08 Å². The second kappa shape index (κ2) is 13.0. The molecule has 4 aromatic rings. The zero-order valence-corrected chi connectivity index (χ0v) is 26.3. The van der Waals surface area contributed by atoms with Gasteiger partial charge in [0.2, 0.25) is 11.9 Å². The number of anilines is 4. The van der Waals surface area contributed by atoms with Crippen LogP contribution in [0.5, 0.6) is 5.75 Å². The van der Waals surface area contributed by atoms with Crippen molar-refractivity contribution < 1.29 is 13.9 Å². The van der Waals surface area contributed by atoms with Gasteiger partial charge >= 0.3 is 0 Å². The summed E-state index contributed by atoms with van der Waals surface area (Å²) in [6.45, 7) is 3.39. The molecule has 3 heterocycles. The number of halogens is 1. The summed E-state index contributed by atoms with van der Waals surface area (Å²) in [5.74, 6) is 2.23. The fourth-order valence-corrected chi connectivity index (χ4v) is 6.22. The zero-order chi connectivity index (χ0) is 30.7. The molecule has 43 heavy (non-hydrogen) atoms. The Bertz CT molecular complexity index is 1680. The molecule has 0 spiro atoms. The lowest BCUT2D eigenvalue weighted by molar-refractivity contribution is -0.111. The van der Waals surface area contributed by atoms with Crippen LogP contribution in [0.2, 0.25) is 0 Å². The van der Waals surface area contributed by atoms with Crippen molar-refractivity contribution in [1.29, 1.82) is 0 Å². The zero-order valence-electron chi connectivity index (χ0n) is 25.5. The number of likely N-dealkylation sites (N-methyl/N-ethyl adjacent to an activating group) is 2. The van der Waals surface area contributed by atoms with Gasteiger partial charge in [0.1, 0.15) is 11.6 Å². The molecule has 2 aromatic heterocycles. The number of ether oxygens (including phenoxy) is 1. The number of fused-ring (bicyclic) bond motifs is 2. The first-order valence-electron chi connectivity index (χ1n) is 14.2. The highest BCUT2D eigenvalue weighted by molar-refractivity contribution is 7.98. The minimum atomic E-state index is -0.288. The Labute approximate surface area is 256 Å². The number of carbonyl (C=O) groups excluding carboxylic acids is 1. The Morgan fingerprint density at radius 2 is 1.98 bits per heavy atom. The Morgan fingerprint density at radius 1 is 1.16 bits per heavy atom. The van der Waals surface area contributed by atoms with Crippen molar-refractivity contribution >= 4 is 51.6 Å². The number of methoxy groups -OCH3 is 1. The van der Waals surface area contributed by atoms with E-state index in [1.54, 1.807) is 32.2 Å². The van der Waals surface area contributed by atoms with Crippen LogP contribution in [-0.2, 0) is 24.0 Å². The summed E-state index contributed by atoms with van der Waals surface area (Å²) in [4.78, 5) is 26.8. The number of allylic oxidation sites excluding steroid dienone is 1. The molecule has 2 N–H and O–H groups in total.